The maximum atomic E-state index is 13.7. The van der Waals surface area contributed by atoms with Crippen LogP contribution in [-0.4, -0.2) is 11.9 Å². The summed E-state index contributed by atoms with van der Waals surface area (Å²) in [5.74, 6) is -1.02. The molecule has 0 aliphatic heterocycles. The topological polar surface area (TPSA) is 29.1 Å². The van der Waals surface area contributed by atoms with Crippen molar-refractivity contribution in [2.24, 2.45) is 5.41 Å². The number of nitrogens with one attached hydrogen (secondary N) is 1. The van der Waals surface area contributed by atoms with Gasteiger partial charge in [-0.15, -0.1) is 0 Å². The van der Waals surface area contributed by atoms with Crippen LogP contribution in [0.1, 0.15) is 43.5 Å². The summed E-state index contributed by atoms with van der Waals surface area (Å²) in [6, 6.07) is 4.60. The molecule has 0 aromatic heterocycles. The summed E-state index contributed by atoms with van der Waals surface area (Å²) in [4.78, 5) is 12.0. The Labute approximate surface area is 112 Å². The highest BCUT2D eigenvalue weighted by atomic mass is 35.5. The van der Waals surface area contributed by atoms with Gasteiger partial charge in [-0.05, 0) is 36.8 Å². The minimum absolute atomic E-state index is 0.0191. The third kappa shape index (κ3) is 2.83. The fourth-order valence-electron chi connectivity index (χ4n) is 2.50. The number of rotatable bonds is 2. The monoisotopic (exact) mass is 269 g/mol. The lowest BCUT2D eigenvalue weighted by atomic mass is 9.92. The number of carbonyl (C=O) groups is 1. The molecule has 1 saturated carbocycles. The van der Waals surface area contributed by atoms with E-state index in [9.17, 15) is 9.18 Å². The van der Waals surface area contributed by atoms with Crippen LogP contribution in [0.5, 0.6) is 0 Å². The van der Waals surface area contributed by atoms with E-state index in [1.54, 1.807) is 6.07 Å². The number of amides is 1. The molecule has 0 saturated heterocycles. The lowest BCUT2D eigenvalue weighted by Gasteiger charge is -2.18. The Morgan fingerprint density at radius 1 is 1.50 bits per heavy atom. The van der Waals surface area contributed by atoms with E-state index in [1.807, 2.05) is 0 Å². The second kappa shape index (κ2) is 4.88. The molecule has 1 aliphatic carbocycles. The fraction of sp³-hybridized carbons (Fsp3) is 0.500. The molecule has 4 heteroatoms. The van der Waals surface area contributed by atoms with Crippen molar-refractivity contribution >= 4 is 17.5 Å². The van der Waals surface area contributed by atoms with E-state index < -0.39 is 5.82 Å². The van der Waals surface area contributed by atoms with Gasteiger partial charge in [-0.3, -0.25) is 4.79 Å². The molecule has 1 unspecified atom stereocenters. The molecular formula is C14H17ClFNO. The lowest BCUT2D eigenvalue weighted by molar-refractivity contribution is 0.0932. The van der Waals surface area contributed by atoms with E-state index in [4.69, 9.17) is 11.6 Å². The SMILES string of the molecule is CC1(C)CCC(NC(=O)c2cccc(Cl)c2F)C1. The Hall–Kier alpha value is -1.09. The highest BCUT2D eigenvalue weighted by Gasteiger charge is 2.32. The Morgan fingerprint density at radius 2 is 2.22 bits per heavy atom. The summed E-state index contributed by atoms with van der Waals surface area (Å²) in [5, 5.41) is 2.86. The normalized spacial score (nSPS) is 21.9. The van der Waals surface area contributed by atoms with Gasteiger partial charge in [0, 0.05) is 6.04 Å². The minimum atomic E-state index is -0.645. The highest BCUT2D eigenvalue weighted by molar-refractivity contribution is 6.31. The predicted octanol–water partition coefficient (Wildman–Crippen LogP) is 3.79. The number of halogens is 2. The standard InChI is InChI=1S/C14H17ClFNO/c1-14(2)7-6-9(8-14)17-13(18)10-4-3-5-11(15)12(10)16/h3-5,9H,6-8H2,1-2H3,(H,17,18). The van der Waals surface area contributed by atoms with Gasteiger partial charge in [0.15, 0.2) is 5.82 Å². The summed E-state index contributed by atoms with van der Waals surface area (Å²) in [6.07, 6.45) is 2.96. The number of hydrogen-bond donors (Lipinski definition) is 1. The van der Waals surface area contributed by atoms with Gasteiger partial charge in [0.05, 0.1) is 10.6 Å². The average Bonchev–Trinajstić information content (AvgIpc) is 2.62. The van der Waals surface area contributed by atoms with Crippen LogP contribution in [0, 0.1) is 11.2 Å². The summed E-state index contributed by atoms with van der Waals surface area (Å²) >= 11 is 5.66. The van der Waals surface area contributed by atoms with Crippen LogP contribution >= 0.6 is 11.6 Å². The molecular weight excluding hydrogens is 253 g/mol. The van der Waals surface area contributed by atoms with Crippen molar-refractivity contribution in [2.45, 2.75) is 39.2 Å². The molecule has 2 rings (SSSR count). The molecule has 98 valence electrons. The number of hydrogen-bond acceptors (Lipinski definition) is 1. The molecule has 0 heterocycles. The van der Waals surface area contributed by atoms with Gasteiger partial charge in [-0.2, -0.15) is 0 Å². The maximum absolute atomic E-state index is 13.7. The Morgan fingerprint density at radius 3 is 2.83 bits per heavy atom. The average molecular weight is 270 g/mol. The number of benzene rings is 1. The van der Waals surface area contributed by atoms with Crippen LogP contribution in [0.2, 0.25) is 5.02 Å². The minimum Gasteiger partial charge on any atom is -0.349 e. The van der Waals surface area contributed by atoms with E-state index in [-0.39, 0.29) is 28.0 Å². The van der Waals surface area contributed by atoms with E-state index >= 15 is 0 Å². The van der Waals surface area contributed by atoms with E-state index in [0.717, 1.165) is 19.3 Å². The van der Waals surface area contributed by atoms with Crippen molar-refractivity contribution in [3.05, 3.63) is 34.6 Å². The van der Waals surface area contributed by atoms with Gasteiger partial charge in [0.2, 0.25) is 0 Å². The van der Waals surface area contributed by atoms with Crippen LogP contribution in [0.15, 0.2) is 18.2 Å². The Bertz CT molecular complexity index is 473. The molecule has 1 N–H and O–H groups in total. The molecule has 1 fully saturated rings. The molecule has 1 aliphatic rings. The first-order chi connectivity index (χ1) is 8.39. The molecule has 1 aromatic carbocycles. The zero-order valence-electron chi connectivity index (χ0n) is 10.6. The summed E-state index contributed by atoms with van der Waals surface area (Å²) in [7, 11) is 0. The van der Waals surface area contributed by atoms with Crippen LogP contribution in [-0.2, 0) is 0 Å². The van der Waals surface area contributed by atoms with Crippen molar-refractivity contribution < 1.29 is 9.18 Å². The molecule has 1 aromatic rings. The lowest BCUT2D eigenvalue weighted by Crippen LogP contribution is -2.34. The van der Waals surface area contributed by atoms with E-state index in [0.29, 0.717) is 0 Å². The molecule has 18 heavy (non-hydrogen) atoms. The van der Waals surface area contributed by atoms with Crippen molar-refractivity contribution in [3.63, 3.8) is 0 Å². The first kappa shape index (κ1) is 13.3. The quantitative estimate of drug-likeness (QED) is 0.870. The third-order valence-electron chi connectivity index (χ3n) is 3.50. The second-order valence-electron chi connectivity index (χ2n) is 5.68. The smallest absolute Gasteiger partial charge is 0.254 e. The van der Waals surface area contributed by atoms with Crippen molar-refractivity contribution in [2.75, 3.05) is 0 Å². The molecule has 1 atom stereocenters. The van der Waals surface area contributed by atoms with Crippen molar-refractivity contribution in [3.8, 4) is 0 Å². The van der Waals surface area contributed by atoms with Gasteiger partial charge in [-0.25, -0.2) is 4.39 Å². The van der Waals surface area contributed by atoms with Crippen molar-refractivity contribution in [1.82, 2.24) is 5.32 Å². The molecule has 2 nitrogen and oxygen atoms in total. The zero-order valence-corrected chi connectivity index (χ0v) is 11.4. The highest BCUT2D eigenvalue weighted by Crippen LogP contribution is 2.37. The fourth-order valence-corrected chi connectivity index (χ4v) is 2.68. The van der Waals surface area contributed by atoms with Gasteiger partial charge in [0.25, 0.3) is 5.91 Å². The van der Waals surface area contributed by atoms with E-state index in [1.165, 1.54) is 12.1 Å². The third-order valence-corrected chi connectivity index (χ3v) is 3.79. The summed E-state index contributed by atoms with van der Waals surface area (Å²) in [5.41, 5.74) is 0.275. The van der Waals surface area contributed by atoms with E-state index in [2.05, 4.69) is 19.2 Å². The van der Waals surface area contributed by atoms with Crippen LogP contribution in [0.3, 0.4) is 0 Å². The predicted molar refractivity (Wildman–Crippen MR) is 70.3 cm³/mol. The van der Waals surface area contributed by atoms with Gasteiger partial charge < -0.3 is 5.32 Å². The largest absolute Gasteiger partial charge is 0.349 e. The molecule has 1 amide bonds. The van der Waals surface area contributed by atoms with Crippen LogP contribution in [0.4, 0.5) is 4.39 Å². The van der Waals surface area contributed by atoms with Gasteiger partial charge >= 0.3 is 0 Å². The summed E-state index contributed by atoms with van der Waals surface area (Å²) < 4.78 is 13.7. The summed E-state index contributed by atoms with van der Waals surface area (Å²) in [6.45, 7) is 4.36. The number of carbonyl (C=O) groups excluding carboxylic acids is 1. The van der Waals surface area contributed by atoms with Gasteiger partial charge in [-0.1, -0.05) is 31.5 Å². The molecule has 0 radical (unpaired) electrons. The zero-order chi connectivity index (χ0) is 13.3. The Kier molecular flexibility index (Phi) is 3.62. The maximum Gasteiger partial charge on any atom is 0.254 e. The molecule has 0 bridgehead atoms. The molecule has 0 spiro atoms. The first-order valence-corrected chi connectivity index (χ1v) is 6.52. The second-order valence-corrected chi connectivity index (χ2v) is 6.09. The Balaban J connectivity index is 2.07. The van der Waals surface area contributed by atoms with Crippen molar-refractivity contribution in [1.29, 1.82) is 0 Å². The van der Waals surface area contributed by atoms with Crippen LogP contribution in [0.25, 0.3) is 0 Å². The van der Waals surface area contributed by atoms with Gasteiger partial charge in [0.1, 0.15) is 0 Å². The van der Waals surface area contributed by atoms with Crippen LogP contribution < -0.4 is 5.32 Å². The first-order valence-electron chi connectivity index (χ1n) is 6.14.